The zero-order valence-corrected chi connectivity index (χ0v) is 13.7. The molecule has 0 amide bonds. The highest BCUT2D eigenvalue weighted by Crippen LogP contribution is 2.32. The maximum atomic E-state index is 5.76. The molecule has 0 saturated carbocycles. The molecule has 0 fully saturated rings. The monoisotopic (exact) mass is 357 g/mol. The van der Waals surface area contributed by atoms with Crippen LogP contribution in [0.5, 0.6) is 5.75 Å². The quantitative estimate of drug-likeness (QED) is 0.750. The van der Waals surface area contributed by atoms with Gasteiger partial charge in [0.15, 0.2) is 0 Å². The van der Waals surface area contributed by atoms with Crippen LogP contribution in [0, 0.1) is 0 Å². The van der Waals surface area contributed by atoms with E-state index in [2.05, 4.69) is 51.6 Å². The smallest absolute Gasteiger partial charge is 0.134 e. The van der Waals surface area contributed by atoms with E-state index in [1.54, 1.807) is 6.26 Å². The Labute approximate surface area is 137 Å². The van der Waals surface area contributed by atoms with E-state index in [0.717, 1.165) is 47.3 Å². The van der Waals surface area contributed by atoms with Crippen LogP contribution >= 0.6 is 15.9 Å². The van der Waals surface area contributed by atoms with Crippen LogP contribution < -0.4 is 10.1 Å². The molecule has 3 nitrogen and oxygen atoms in total. The molecule has 22 heavy (non-hydrogen) atoms. The Balaban J connectivity index is 1.47. The van der Waals surface area contributed by atoms with Crippen molar-refractivity contribution in [3.05, 3.63) is 63.8 Å². The Morgan fingerprint density at radius 3 is 3.00 bits per heavy atom. The highest BCUT2D eigenvalue weighted by atomic mass is 79.9. The fourth-order valence-electron chi connectivity index (χ4n) is 2.93. The number of fused-ring (bicyclic) bond motifs is 2. The van der Waals surface area contributed by atoms with Crippen LogP contribution in [0.4, 0.5) is 0 Å². The van der Waals surface area contributed by atoms with Crippen LogP contribution in [0.3, 0.4) is 0 Å². The summed E-state index contributed by atoms with van der Waals surface area (Å²) in [6.07, 6.45) is 2.72. The van der Waals surface area contributed by atoms with Gasteiger partial charge >= 0.3 is 0 Å². The Bertz CT molecular complexity index is 825. The van der Waals surface area contributed by atoms with Crippen molar-refractivity contribution in [2.75, 3.05) is 6.61 Å². The van der Waals surface area contributed by atoms with E-state index in [1.807, 2.05) is 6.07 Å². The highest BCUT2D eigenvalue weighted by Gasteiger charge is 2.17. The Hall–Kier alpha value is -1.78. The number of halogens is 1. The molecule has 0 radical (unpaired) electrons. The number of hydrogen-bond donors (Lipinski definition) is 1. The molecule has 0 unspecified atom stereocenters. The summed E-state index contributed by atoms with van der Waals surface area (Å²) in [5, 5.41) is 4.63. The lowest BCUT2D eigenvalue weighted by molar-refractivity contribution is 0.352. The fraction of sp³-hybridized carbons (Fsp3) is 0.222. The van der Waals surface area contributed by atoms with E-state index in [4.69, 9.17) is 9.15 Å². The molecule has 1 aliphatic heterocycles. The average molecular weight is 358 g/mol. The van der Waals surface area contributed by atoms with Crippen molar-refractivity contribution in [1.82, 2.24) is 5.32 Å². The van der Waals surface area contributed by atoms with Crippen LogP contribution in [0.15, 0.2) is 51.6 Å². The molecule has 0 atom stereocenters. The molecule has 0 saturated heterocycles. The molecule has 4 heteroatoms. The summed E-state index contributed by atoms with van der Waals surface area (Å²) in [6.45, 7) is 2.38. The SMILES string of the molecule is Brc1cc2c(c(CNCc3ccc4ccoc4c3)c1)OCC2. The van der Waals surface area contributed by atoms with E-state index in [1.165, 1.54) is 16.7 Å². The molecule has 4 rings (SSSR count). The van der Waals surface area contributed by atoms with E-state index in [-0.39, 0.29) is 0 Å². The van der Waals surface area contributed by atoms with Crippen LogP contribution in [0.25, 0.3) is 11.0 Å². The lowest BCUT2D eigenvalue weighted by Crippen LogP contribution is -2.13. The first kappa shape index (κ1) is 13.9. The van der Waals surface area contributed by atoms with Gasteiger partial charge in [0.1, 0.15) is 11.3 Å². The van der Waals surface area contributed by atoms with E-state index in [0.29, 0.717) is 0 Å². The zero-order chi connectivity index (χ0) is 14.9. The van der Waals surface area contributed by atoms with Gasteiger partial charge < -0.3 is 14.5 Å². The molecule has 2 heterocycles. The summed E-state index contributed by atoms with van der Waals surface area (Å²) < 4.78 is 12.3. The van der Waals surface area contributed by atoms with Gasteiger partial charge in [-0.25, -0.2) is 0 Å². The van der Waals surface area contributed by atoms with Gasteiger partial charge in [-0.15, -0.1) is 0 Å². The zero-order valence-electron chi connectivity index (χ0n) is 12.1. The van der Waals surface area contributed by atoms with Crippen molar-refractivity contribution in [3.8, 4) is 5.75 Å². The van der Waals surface area contributed by atoms with Crippen molar-refractivity contribution in [2.45, 2.75) is 19.5 Å². The predicted molar refractivity (Wildman–Crippen MR) is 90.1 cm³/mol. The average Bonchev–Trinajstić information content (AvgIpc) is 3.14. The third-order valence-corrected chi connectivity index (χ3v) is 4.45. The van der Waals surface area contributed by atoms with Gasteiger partial charge in [-0.1, -0.05) is 28.1 Å². The van der Waals surface area contributed by atoms with Crippen LogP contribution in [0.2, 0.25) is 0 Å². The molecule has 0 aliphatic carbocycles. The van der Waals surface area contributed by atoms with Crippen molar-refractivity contribution in [3.63, 3.8) is 0 Å². The molecule has 112 valence electrons. The van der Waals surface area contributed by atoms with Gasteiger partial charge in [-0.05, 0) is 35.4 Å². The third-order valence-electron chi connectivity index (χ3n) is 3.99. The van der Waals surface area contributed by atoms with Crippen molar-refractivity contribution in [1.29, 1.82) is 0 Å². The van der Waals surface area contributed by atoms with Crippen LogP contribution in [-0.2, 0) is 19.5 Å². The number of furan rings is 1. The normalized spacial score (nSPS) is 13.3. The topological polar surface area (TPSA) is 34.4 Å². The summed E-state index contributed by atoms with van der Waals surface area (Å²) in [6, 6.07) is 12.6. The third kappa shape index (κ3) is 2.64. The number of hydrogen-bond acceptors (Lipinski definition) is 3. The van der Waals surface area contributed by atoms with Crippen LogP contribution in [-0.4, -0.2) is 6.61 Å². The van der Waals surface area contributed by atoms with Gasteiger partial charge in [-0.3, -0.25) is 0 Å². The number of rotatable bonds is 4. The first-order chi connectivity index (χ1) is 10.8. The molecule has 1 aliphatic rings. The Morgan fingerprint density at radius 2 is 2.05 bits per heavy atom. The lowest BCUT2D eigenvalue weighted by atomic mass is 10.1. The second-order valence-electron chi connectivity index (χ2n) is 5.55. The summed E-state index contributed by atoms with van der Waals surface area (Å²) in [5.74, 6) is 1.05. The van der Waals surface area contributed by atoms with Crippen molar-refractivity contribution < 1.29 is 9.15 Å². The Kier molecular flexibility index (Phi) is 3.64. The minimum Gasteiger partial charge on any atom is -0.493 e. The van der Waals surface area contributed by atoms with Gasteiger partial charge in [0.05, 0.1) is 12.9 Å². The summed E-state index contributed by atoms with van der Waals surface area (Å²) in [7, 11) is 0. The summed E-state index contributed by atoms with van der Waals surface area (Å²) in [4.78, 5) is 0. The fourth-order valence-corrected chi connectivity index (χ4v) is 3.48. The van der Waals surface area contributed by atoms with Gasteiger partial charge in [0.2, 0.25) is 0 Å². The maximum Gasteiger partial charge on any atom is 0.134 e. The first-order valence-corrected chi connectivity index (χ1v) is 8.20. The number of nitrogens with one attached hydrogen (secondary N) is 1. The van der Waals surface area contributed by atoms with Crippen LogP contribution in [0.1, 0.15) is 16.7 Å². The van der Waals surface area contributed by atoms with Crippen molar-refractivity contribution >= 4 is 26.9 Å². The predicted octanol–water partition coefficient (Wildman–Crippen LogP) is 4.42. The largest absolute Gasteiger partial charge is 0.493 e. The summed E-state index contributed by atoms with van der Waals surface area (Å²) >= 11 is 3.58. The molecule has 0 spiro atoms. The molecule has 2 aromatic carbocycles. The molecular formula is C18H16BrNO2. The second-order valence-corrected chi connectivity index (χ2v) is 6.46. The molecule has 1 aromatic heterocycles. The maximum absolute atomic E-state index is 5.76. The Morgan fingerprint density at radius 1 is 1.09 bits per heavy atom. The molecule has 1 N–H and O–H groups in total. The minimum atomic E-state index is 0.786. The molecule has 0 bridgehead atoms. The summed E-state index contributed by atoms with van der Waals surface area (Å²) in [5.41, 5.74) is 4.66. The van der Waals surface area contributed by atoms with Gasteiger partial charge in [-0.2, -0.15) is 0 Å². The second kappa shape index (κ2) is 5.78. The highest BCUT2D eigenvalue weighted by molar-refractivity contribution is 9.10. The molecular weight excluding hydrogens is 342 g/mol. The van der Waals surface area contributed by atoms with Gasteiger partial charge in [0, 0.05) is 34.9 Å². The van der Waals surface area contributed by atoms with E-state index in [9.17, 15) is 0 Å². The molecule has 3 aromatic rings. The standard InChI is InChI=1S/C18H16BrNO2/c19-16-8-14-4-6-22-18(14)15(9-16)11-20-10-12-1-2-13-3-5-21-17(13)7-12/h1-3,5,7-9,20H,4,6,10-11H2. The van der Waals surface area contributed by atoms with Crippen molar-refractivity contribution in [2.24, 2.45) is 0 Å². The van der Waals surface area contributed by atoms with Gasteiger partial charge in [0.25, 0.3) is 0 Å². The lowest BCUT2D eigenvalue weighted by Gasteiger charge is -2.10. The van der Waals surface area contributed by atoms with E-state index >= 15 is 0 Å². The minimum absolute atomic E-state index is 0.786. The number of ether oxygens (including phenoxy) is 1. The first-order valence-electron chi connectivity index (χ1n) is 7.40. The number of benzene rings is 2. The van der Waals surface area contributed by atoms with E-state index < -0.39 is 0 Å².